The third-order valence-corrected chi connectivity index (χ3v) is 3.34. The minimum atomic E-state index is -0.974. The molecule has 0 radical (unpaired) electrons. The Morgan fingerprint density at radius 2 is 1.79 bits per heavy atom. The normalized spacial score (nSPS) is 10.5. The number of carboxylic acids is 1. The zero-order chi connectivity index (χ0) is 17.5. The van der Waals surface area contributed by atoms with E-state index in [0.717, 1.165) is 5.75 Å². The highest BCUT2D eigenvalue weighted by Gasteiger charge is 2.07. The van der Waals surface area contributed by atoms with Crippen LogP contribution >= 0.6 is 0 Å². The van der Waals surface area contributed by atoms with Gasteiger partial charge >= 0.3 is 5.97 Å². The number of nitrogens with one attached hydrogen (secondary N) is 1. The second-order valence-electron chi connectivity index (χ2n) is 5.68. The summed E-state index contributed by atoms with van der Waals surface area (Å²) in [6, 6.07) is 13.6. The number of aromatic carboxylic acids is 1. The fourth-order valence-electron chi connectivity index (χ4n) is 2.22. The SMILES string of the molecule is CC(C)Oc1ccc(C(=O)CCNc2cccc(C(=O)O)c2)cc1. The van der Waals surface area contributed by atoms with Crippen LogP contribution in [-0.2, 0) is 0 Å². The molecule has 0 fully saturated rings. The summed E-state index contributed by atoms with van der Waals surface area (Å²) in [6.07, 6.45) is 0.416. The number of carbonyl (C=O) groups is 2. The van der Waals surface area contributed by atoms with Gasteiger partial charge in [-0.25, -0.2) is 4.79 Å². The molecule has 0 saturated heterocycles. The smallest absolute Gasteiger partial charge is 0.335 e. The molecule has 24 heavy (non-hydrogen) atoms. The van der Waals surface area contributed by atoms with Crippen LogP contribution in [0.3, 0.4) is 0 Å². The third-order valence-electron chi connectivity index (χ3n) is 3.34. The fourth-order valence-corrected chi connectivity index (χ4v) is 2.22. The standard InChI is InChI=1S/C19H21NO4/c1-13(2)24-17-8-6-14(7-9-17)18(21)10-11-20-16-5-3-4-15(12-16)19(22)23/h3-9,12-13,20H,10-11H2,1-2H3,(H,22,23). The van der Waals surface area contributed by atoms with E-state index >= 15 is 0 Å². The van der Waals surface area contributed by atoms with Gasteiger partial charge < -0.3 is 15.2 Å². The van der Waals surface area contributed by atoms with Crippen molar-refractivity contribution in [2.45, 2.75) is 26.4 Å². The zero-order valence-corrected chi connectivity index (χ0v) is 13.8. The van der Waals surface area contributed by atoms with Crippen LogP contribution in [0.4, 0.5) is 5.69 Å². The van der Waals surface area contributed by atoms with Crippen molar-refractivity contribution in [2.24, 2.45) is 0 Å². The number of ketones is 1. The first-order valence-corrected chi connectivity index (χ1v) is 7.83. The number of hydrogen-bond donors (Lipinski definition) is 2. The molecule has 2 N–H and O–H groups in total. The van der Waals surface area contributed by atoms with Crippen molar-refractivity contribution in [1.29, 1.82) is 0 Å². The maximum atomic E-state index is 12.2. The number of Topliss-reactive ketones (excluding diaryl/α,β-unsaturated/α-hetero) is 1. The van der Waals surface area contributed by atoms with Crippen LogP contribution in [0.5, 0.6) is 5.75 Å². The maximum Gasteiger partial charge on any atom is 0.335 e. The molecule has 0 spiro atoms. The lowest BCUT2D eigenvalue weighted by atomic mass is 10.1. The van der Waals surface area contributed by atoms with Crippen LogP contribution < -0.4 is 10.1 Å². The monoisotopic (exact) mass is 327 g/mol. The Morgan fingerprint density at radius 1 is 1.08 bits per heavy atom. The number of benzene rings is 2. The van der Waals surface area contributed by atoms with Gasteiger partial charge in [-0.15, -0.1) is 0 Å². The summed E-state index contributed by atoms with van der Waals surface area (Å²) < 4.78 is 5.55. The molecule has 5 heteroatoms. The molecule has 2 aromatic carbocycles. The molecule has 2 rings (SSSR count). The Balaban J connectivity index is 1.87. The number of carboxylic acid groups (broad SMARTS) is 1. The predicted molar refractivity (Wildman–Crippen MR) is 93.0 cm³/mol. The quantitative estimate of drug-likeness (QED) is 0.720. The number of rotatable bonds is 8. The minimum Gasteiger partial charge on any atom is -0.491 e. The van der Waals surface area contributed by atoms with Crippen molar-refractivity contribution in [2.75, 3.05) is 11.9 Å². The van der Waals surface area contributed by atoms with E-state index in [1.54, 1.807) is 42.5 Å². The van der Waals surface area contributed by atoms with Gasteiger partial charge in [0.2, 0.25) is 0 Å². The van der Waals surface area contributed by atoms with E-state index < -0.39 is 5.97 Å². The van der Waals surface area contributed by atoms with E-state index in [1.165, 1.54) is 6.07 Å². The summed E-state index contributed by atoms with van der Waals surface area (Å²) in [5.41, 5.74) is 1.53. The molecule has 0 saturated carbocycles. The molecule has 2 aromatic rings. The molecule has 126 valence electrons. The van der Waals surface area contributed by atoms with Crippen LogP contribution in [0.1, 0.15) is 41.0 Å². The highest BCUT2D eigenvalue weighted by atomic mass is 16.5. The molecule has 0 bridgehead atoms. The van der Waals surface area contributed by atoms with E-state index in [4.69, 9.17) is 9.84 Å². The highest BCUT2D eigenvalue weighted by molar-refractivity contribution is 5.96. The van der Waals surface area contributed by atoms with Crippen molar-refractivity contribution >= 4 is 17.4 Å². The molecular formula is C19H21NO4. The number of carbonyl (C=O) groups excluding carboxylic acids is 1. The average molecular weight is 327 g/mol. The average Bonchev–Trinajstić information content (AvgIpc) is 2.55. The Hall–Kier alpha value is -2.82. The van der Waals surface area contributed by atoms with E-state index in [9.17, 15) is 9.59 Å². The summed E-state index contributed by atoms with van der Waals surface area (Å²) in [5, 5.41) is 12.0. The lowest BCUT2D eigenvalue weighted by Gasteiger charge is -2.10. The van der Waals surface area contributed by atoms with Crippen LogP contribution in [0, 0.1) is 0 Å². The summed E-state index contributed by atoms with van der Waals surface area (Å²) in [6.45, 7) is 4.33. The van der Waals surface area contributed by atoms with Gasteiger partial charge in [-0.3, -0.25) is 4.79 Å². The third kappa shape index (κ3) is 5.12. The molecule has 0 unspecified atom stereocenters. The van der Waals surface area contributed by atoms with Crippen LogP contribution in [0.25, 0.3) is 0 Å². The molecule has 0 aliphatic carbocycles. The van der Waals surface area contributed by atoms with Crippen molar-refractivity contribution in [3.63, 3.8) is 0 Å². The second kappa shape index (κ2) is 8.15. The van der Waals surface area contributed by atoms with E-state index in [1.807, 2.05) is 13.8 Å². The zero-order valence-electron chi connectivity index (χ0n) is 13.8. The largest absolute Gasteiger partial charge is 0.491 e. The van der Waals surface area contributed by atoms with Crippen molar-refractivity contribution < 1.29 is 19.4 Å². The Morgan fingerprint density at radius 3 is 2.42 bits per heavy atom. The van der Waals surface area contributed by atoms with Gasteiger partial charge in [0.15, 0.2) is 5.78 Å². The highest BCUT2D eigenvalue weighted by Crippen LogP contribution is 2.15. The first-order valence-electron chi connectivity index (χ1n) is 7.83. The van der Waals surface area contributed by atoms with Crippen LogP contribution in [-0.4, -0.2) is 29.5 Å². The molecule has 0 aliphatic heterocycles. The molecule has 5 nitrogen and oxygen atoms in total. The lowest BCUT2D eigenvalue weighted by Crippen LogP contribution is -2.10. The Kier molecular flexibility index (Phi) is 5.95. The minimum absolute atomic E-state index is 0.0213. The van der Waals surface area contributed by atoms with Gasteiger partial charge in [0.05, 0.1) is 11.7 Å². The molecule has 0 atom stereocenters. The van der Waals surface area contributed by atoms with E-state index in [0.29, 0.717) is 24.2 Å². The maximum absolute atomic E-state index is 12.2. The number of anilines is 1. The second-order valence-corrected chi connectivity index (χ2v) is 5.68. The van der Waals surface area contributed by atoms with Gasteiger partial charge in [0.25, 0.3) is 0 Å². The first kappa shape index (κ1) is 17.5. The topological polar surface area (TPSA) is 75.6 Å². The molecule has 0 amide bonds. The van der Waals surface area contributed by atoms with Crippen molar-refractivity contribution in [3.8, 4) is 5.75 Å². The summed E-state index contributed by atoms with van der Waals surface area (Å²) in [7, 11) is 0. The van der Waals surface area contributed by atoms with Gasteiger partial charge in [-0.05, 0) is 56.3 Å². The van der Waals surface area contributed by atoms with Gasteiger partial charge in [-0.2, -0.15) is 0 Å². The van der Waals surface area contributed by atoms with Crippen LogP contribution in [0.15, 0.2) is 48.5 Å². The summed E-state index contributed by atoms with van der Waals surface area (Å²) in [5.74, 6) is -0.212. The van der Waals surface area contributed by atoms with Gasteiger partial charge in [-0.1, -0.05) is 6.07 Å². The van der Waals surface area contributed by atoms with Crippen molar-refractivity contribution in [1.82, 2.24) is 0 Å². The fraction of sp³-hybridized carbons (Fsp3) is 0.263. The summed E-state index contributed by atoms with van der Waals surface area (Å²) in [4.78, 5) is 23.1. The molecule has 0 aromatic heterocycles. The number of ether oxygens (including phenoxy) is 1. The first-order chi connectivity index (χ1) is 11.5. The lowest BCUT2D eigenvalue weighted by molar-refractivity contribution is 0.0696. The number of hydrogen-bond acceptors (Lipinski definition) is 4. The Bertz CT molecular complexity index is 708. The summed E-state index contributed by atoms with van der Waals surface area (Å²) >= 11 is 0. The molecular weight excluding hydrogens is 306 g/mol. The van der Waals surface area contributed by atoms with E-state index in [2.05, 4.69) is 5.32 Å². The van der Waals surface area contributed by atoms with Gasteiger partial charge in [0, 0.05) is 24.2 Å². The Labute approximate surface area is 141 Å². The van der Waals surface area contributed by atoms with Gasteiger partial charge in [0.1, 0.15) is 5.75 Å². The predicted octanol–water partition coefficient (Wildman–Crippen LogP) is 3.86. The molecule has 0 heterocycles. The molecule has 0 aliphatic rings. The van der Waals surface area contributed by atoms with Crippen LogP contribution in [0.2, 0.25) is 0 Å². The van der Waals surface area contributed by atoms with E-state index in [-0.39, 0.29) is 17.5 Å². The van der Waals surface area contributed by atoms with Crippen molar-refractivity contribution in [3.05, 3.63) is 59.7 Å².